The number of primary amides is 3. The van der Waals surface area contributed by atoms with Gasteiger partial charge in [-0.15, -0.1) is 0 Å². The number of rotatable bonds is 41. The molecule has 1 saturated heterocycles. The number of hydrogen-bond donors (Lipinski definition) is 14. The number of nitrogens with two attached hydrogens (primary N) is 3. The minimum absolute atomic E-state index is 0.0577. The molecule has 0 saturated carbocycles. The van der Waals surface area contributed by atoms with Crippen LogP contribution in [0.3, 0.4) is 0 Å². The normalized spacial score (nSPS) is 14.5. The maximum atomic E-state index is 15.2. The second-order valence-electron chi connectivity index (χ2n) is 25.7. The molecule has 1 fully saturated rings. The van der Waals surface area contributed by atoms with E-state index in [9.17, 15) is 72.5 Å². The summed E-state index contributed by atoms with van der Waals surface area (Å²) < 4.78 is 3.62. The summed E-state index contributed by atoms with van der Waals surface area (Å²) in [5.74, 6) is -13.8. The molecule has 14 amide bonds. The average molecular weight is 1480 g/mol. The van der Waals surface area contributed by atoms with Gasteiger partial charge in [0, 0.05) is 140 Å². The molecule has 8 atom stereocenters. The number of para-hydroxylation sites is 2. The van der Waals surface area contributed by atoms with Crippen molar-refractivity contribution < 1.29 is 82.1 Å². The molecular weight excluding hydrogens is 1380 g/mol. The van der Waals surface area contributed by atoms with E-state index < -0.39 is 163 Å². The number of carbonyl (C=O) groups excluding carboxylic acids is 13. The molecule has 4 heterocycles. The Hall–Kier alpha value is -11.2. The van der Waals surface area contributed by atoms with Crippen LogP contribution < -0.4 is 59.7 Å². The van der Waals surface area contributed by atoms with E-state index in [4.69, 9.17) is 17.2 Å². The van der Waals surface area contributed by atoms with Gasteiger partial charge in [-0.2, -0.15) is 12.6 Å². The van der Waals surface area contributed by atoms with Gasteiger partial charge >= 0.3 is 18.0 Å². The summed E-state index contributed by atoms with van der Waals surface area (Å²) in [6, 6.07) is 5.19. The van der Waals surface area contributed by atoms with E-state index in [0.717, 1.165) is 33.3 Å². The van der Waals surface area contributed by atoms with Gasteiger partial charge in [0.15, 0.2) is 0 Å². The van der Waals surface area contributed by atoms with E-state index in [0.29, 0.717) is 35.2 Å². The quantitative estimate of drug-likeness (QED) is 0.0139. The van der Waals surface area contributed by atoms with Gasteiger partial charge < -0.3 is 93.8 Å². The molecule has 1 aliphatic rings. The van der Waals surface area contributed by atoms with Crippen molar-refractivity contribution in [3.05, 3.63) is 102 Å². The van der Waals surface area contributed by atoms with Crippen molar-refractivity contribution in [2.24, 2.45) is 31.3 Å². The molecule has 16 N–H and O–H groups in total. The number of benzene rings is 2. The van der Waals surface area contributed by atoms with Crippen molar-refractivity contribution in [2.45, 2.75) is 132 Å². The number of fused-ring (bicyclic) bond motifs is 2. The number of pyridine rings is 1. The zero-order valence-corrected chi connectivity index (χ0v) is 60.1. The first kappa shape index (κ1) is 82.8. The number of thiol groups is 1. The number of nitrogens with one attached hydrogen (secondary N) is 8. The fraction of sp³-hybridized carbons (Fsp3) is 0.478. The highest BCUT2D eigenvalue weighted by Crippen LogP contribution is 2.24. The van der Waals surface area contributed by atoms with Gasteiger partial charge in [0.25, 0.3) is 0 Å². The predicted octanol–water partition coefficient (Wildman–Crippen LogP) is -2.82. The summed E-state index contributed by atoms with van der Waals surface area (Å²) in [5.41, 5.74) is 20.1. The molecule has 7 unspecified atom stereocenters. The average Bonchev–Trinajstić information content (AvgIpc) is 1.69. The van der Waals surface area contributed by atoms with Crippen molar-refractivity contribution in [3.63, 3.8) is 0 Å². The Morgan fingerprint density at radius 3 is 1.69 bits per heavy atom. The lowest BCUT2D eigenvalue weighted by atomic mass is 10.0. The Labute approximate surface area is 610 Å². The smallest absolute Gasteiger partial charge is 0.317 e. The molecule has 1 aliphatic heterocycles. The number of amides is 14. The molecule has 0 aliphatic carbocycles. The van der Waals surface area contributed by atoms with E-state index in [1.807, 2.05) is 41.9 Å². The molecule has 0 bridgehead atoms. The van der Waals surface area contributed by atoms with Crippen LogP contribution in [0.5, 0.6) is 0 Å². The van der Waals surface area contributed by atoms with Gasteiger partial charge in [-0.05, 0) is 80.3 Å². The van der Waals surface area contributed by atoms with Crippen LogP contribution >= 0.6 is 12.6 Å². The Bertz CT molecular complexity index is 3970. The molecule has 3 aromatic heterocycles. The first-order valence-corrected chi connectivity index (χ1v) is 34.7. The number of nitrogens with zero attached hydrogens (tertiary/aromatic N) is 7. The fourth-order valence-corrected chi connectivity index (χ4v) is 12.4. The third-order valence-corrected chi connectivity index (χ3v) is 18.2. The minimum Gasteiger partial charge on any atom is -0.481 e. The standard InChI is InChI=1S/C69H94N18O17S/c1-40(76-58(91)39-105)67(102)85(5)54(30-41-14-13-24-73-34-41)66(101)81-50(33-56(71)89)62(97)75-35-57(90)77-47(18-12-21-55(70)88)68(103)84(4)53(22-23-59(92)93)65(100)80-49(32-43-37-83(3)52-20-9-7-16-45(43)52)64(99)78-46(17-10-11-25-74-69(104)87-28-26-86(27-29-87)38-60(94)95)63(98)79-48(61(72)96)31-42-36-82(2)51-19-8-6-15-44(42)51/h6-9,13-16,19-20,24,34,36-37,40,46-50,53-54,105H,10-12,17-18,21-23,25-33,35,38-39H2,1-5H3,(H2,70,88)(H2,71,89)(H2,72,96)(H,74,104)(H,75,97)(H,76,91)(H,77,90)(H,78,99)(H,79,98)(H,80,100)(H,81,101)(H,92,93)(H,94,95)/t40?,46?,47?,48?,49?,50?,53-,54?/m0/s1. The third kappa shape index (κ3) is 25.1. The Morgan fingerprint density at radius 1 is 0.552 bits per heavy atom. The fourth-order valence-electron chi connectivity index (χ4n) is 12.3. The van der Waals surface area contributed by atoms with Gasteiger partial charge in [0.2, 0.25) is 70.9 Å². The van der Waals surface area contributed by atoms with E-state index in [1.165, 1.54) is 26.4 Å². The zero-order chi connectivity index (χ0) is 77.2. The number of carboxylic acids is 2. The number of carbonyl (C=O) groups is 15. The van der Waals surface area contributed by atoms with Crippen molar-refractivity contribution in [1.82, 2.24) is 76.3 Å². The molecular formula is C69H94N18O17S. The summed E-state index contributed by atoms with van der Waals surface area (Å²) in [6.45, 7) is 1.61. The lowest BCUT2D eigenvalue weighted by molar-refractivity contribution is -0.144. The van der Waals surface area contributed by atoms with Crippen molar-refractivity contribution in [1.29, 1.82) is 0 Å². The maximum absolute atomic E-state index is 15.2. The van der Waals surface area contributed by atoms with Crippen LogP contribution in [0.2, 0.25) is 0 Å². The number of piperazine rings is 1. The number of aliphatic carboxylic acids is 2. The van der Waals surface area contributed by atoms with Gasteiger partial charge in [0.05, 0.1) is 25.3 Å². The van der Waals surface area contributed by atoms with E-state index >= 15 is 9.59 Å². The van der Waals surface area contributed by atoms with Gasteiger partial charge in [-0.25, -0.2) is 4.79 Å². The molecule has 6 rings (SSSR count). The SMILES string of the molecule is CC(NC(=O)CS)C(=O)N(C)C(Cc1cccnc1)C(=O)NC(CC(N)=O)C(=O)NCC(=O)NC(CCCC(N)=O)C(=O)N(C)[C@@H](CCC(=O)O)C(=O)NC(Cc1cn(C)c2ccccc12)C(=O)NC(CCCCNC(=O)N1CCN(CC(=O)O)CC1)C(=O)NC(Cc1cn(C)c2ccccc12)C(N)=O. The number of carboxylic acid groups (broad SMARTS) is 2. The predicted molar refractivity (Wildman–Crippen MR) is 384 cm³/mol. The maximum Gasteiger partial charge on any atom is 0.317 e. The molecule has 0 radical (unpaired) electrons. The van der Waals surface area contributed by atoms with Gasteiger partial charge in [0.1, 0.15) is 48.3 Å². The van der Waals surface area contributed by atoms with Crippen LogP contribution in [-0.4, -0.2) is 247 Å². The summed E-state index contributed by atoms with van der Waals surface area (Å²) in [5, 5.41) is 41.3. The lowest BCUT2D eigenvalue weighted by Gasteiger charge is -2.33. The van der Waals surface area contributed by atoms with E-state index in [1.54, 1.807) is 64.1 Å². The number of aromatic nitrogens is 3. The Balaban J connectivity index is 1.25. The van der Waals surface area contributed by atoms with Crippen LogP contribution in [0.1, 0.15) is 81.4 Å². The summed E-state index contributed by atoms with van der Waals surface area (Å²) in [6.07, 6.45) is 3.28. The summed E-state index contributed by atoms with van der Waals surface area (Å²) in [7, 11) is 5.97. The molecule has 35 nitrogen and oxygen atoms in total. The number of aryl methyl sites for hydroxylation is 2. The summed E-state index contributed by atoms with van der Waals surface area (Å²) >= 11 is 3.92. The number of urea groups is 1. The second-order valence-corrected chi connectivity index (χ2v) is 26.1. The largest absolute Gasteiger partial charge is 0.481 e. The molecule has 568 valence electrons. The first-order chi connectivity index (χ1) is 49.8. The minimum atomic E-state index is -1.77. The van der Waals surface area contributed by atoms with Gasteiger partial charge in [-0.3, -0.25) is 77.0 Å². The lowest BCUT2D eigenvalue weighted by Crippen LogP contribution is -2.60. The first-order valence-electron chi connectivity index (χ1n) is 34.1. The molecule has 5 aromatic rings. The molecule has 2 aromatic carbocycles. The van der Waals surface area contributed by atoms with Gasteiger partial charge in [-0.1, -0.05) is 42.5 Å². The van der Waals surface area contributed by atoms with Crippen molar-refractivity contribution >= 4 is 123 Å². The topological polar surface area (TPSA) is 507 Å². The van der Waals surface area contributed by atoms with E-state index in [2.05, 4.69) is 60.1 Å². The van der Waals surface area contributed by atoms with Crippen LogP contribution in [0.4, 0.5) is 4.79 Å². The van der Waals surface area contributed by atoms with Crippen LogP contribution in [0.25, 0.3) is 21.8 Å². The Morgan fingerprint density at radius 2 is 1.11 bits per heavy atom. The van der Waals surface area contributed by atoms with Crippen molar-refractivity contribution in [3.8, 4) is 0 Å². The highest BCUT2D eigenvalue weighted by atomic mass is 32.1. The highest BCUT2D eigenvalue weighted by Gasteiger charge is 2.38. The molecule has 36 heteroatoms. The van der Waals surface area contributed by atoms with Crippen LogP contribution in [-0.2, 0) is 100 Å². The second kappa shape index (κ2) is 40.0. The number of hydrogen-bond acceptors (Lipinski definition) is 18. The Kier molecular flexibility index (Phi) is 31.6. The van der Waals surface area contributed by atoms with Crippen LogP contribution in [0, 0.1) is 0 Å². The molecule has 105 heavy (non-hydrogen) atoms. The molecule has 0 spiro atoms. The van der Waals surface area contributed by atoms with Crippen molar-refractivity contribution in [2.75, 3.05) is 65.7 Å². The summed E-state index contributed by atoms with van der Waals surface area (Å²) in [4.78, 5) is 211. The van der Waals surface area contributed by atoms with E-state index in [-0.39, 0.29) is 89.7 Å². The third-order valence-electron chi connectivity index (χ3n) is 17.9. The monoisotopic (exact) mass is 1480 g/mol. The zero-order valence-electron chi connectivity index (χ0n) is 59.2. The number of unbranched alkanes of at least 4 members (excludes halogenated alkanes) is 1. The van der Waals surface area contributed by atoms with Crippen LogP contribution in [0.15, 0.2) is 85.5 Å². The number of likely N-dealkylation sites (N-methyl/N-ethyl adjacent to an activating group) is 2. The highest BCUT2D eigenvalue weighted by molar-refractivity contribution is 7.81.